The molecule has 84 heavy (non-hydrogen) atoms. The molecule has 2 aromatic heterocycles. The molecule has 2 aliphatic rings. The molecule has 2 aliphatic carbocycles. The van der Waals surface area contributed by atoms with Gasteiger partial charge in [0.25, 0.3) is 0 Å². The van der Waals surface area contributed by atoms with E-state index in [2.05, 4.69) is 18.1 Å². The number of nitrogens with zero attached hydrogens (tertiary/aromatic N) is 4. The third kappa shape index (κ3) is 18.9. The highest BCUT2D eigenvalue weighted by molar-refractivity contribution is 7.22. The number of fused-ring (bicyclic) bond motifs is 1. The summed E-state index contributed by atoms with van der Waals surface area (Å²) in [5, 5.41) is 6.97. The van der Waals surface area contributed by atoms with E-state index in [0.717, 1.165) is 73.7 Å². The van der Waals surface area contributed by atoms with Crippen LogP contribution in [0.1, 0.15) is 108 Å². The van der Waals surface area contributed by atoms with Crippen LogP contribution in [0.4, 0.5) is 10.9 Å². The number of ether oxygens (including phenoxy) is 8. The van der Waals surface area contributed by atoms with Gasteiger partial charge in [-0.3, -0.25) is 19.2 Å². The molecular weight excluding hydrogens is 1090 g/mol. The Hall–Kier alpha value is -8.71. The quantitative estimate of drug-likeness (QED) is 0.0102. The van der Waals surface area contributed by atoms with E-state index in [1.165, 1.54) is 17.6 Å². The van der Waals surface area contributed by atoms with Crippen molar-refractivity contribution in [2.45, 2.75) is 103 Å². The molecular formula is C65H70N4O14S. The number of carbonyl (C=O) groups excluding carboxylic acids is 6. The Bertz CT molecular complexity index is 3150. The van der Waals surface area contributed by atoms with Crippen molar-refractivity contribution in [3.05, 3.63) is 146 Å². The summed E-state index contributed by atoms with van der Waals surface area (Å²) in [6.45, 7) is 8.56. The van der Waals surface area contributed by atoms with Crippen LogP contribution in [0.2, 0.25) is 0 Å². The third-order valence-electron chi connectivity index (χ3n) is 14.4. The van der Waals surface area contributed by atoms with Crippen molar-refractivity contribution in [1.82, 2.24) is 9.97 Å². The Morgan fingerprint density at radius 2 is 0.952 bits per heavy atom. The van der Waals surface area contributed by atoms with Gasteiger partial charge in [-0.2, -0.15) is 10.1 Å². The summed E-state index contributed by atoms with van der Waals surface area (Å²) in [5.74, 6) is -1.26. The van der Waals surface area contributed by atoms with Crippen LogP contribution in [0.15, 0.2) is 146 Å². The molecule has 0 bridgehead atoms. The fourth-order valence-electron chi connectivity index (χ4n) is 9.63. The maximum atomic E-state index is 14.0. The number of esters is 6. The van der Waals surface area contributed by atoms with Gasteiger partial charge in [-0.25, -0.2) is 19.6 Å². The molecule has 0 amide bonds. The average molecular weight is 1160 g/mol. The molecule has 2 saturated carbocycles. The molecule has 0 radical (unpaired) electrons. The average Bonchev–Trinajstić information content (AvgIpc) is 4.03. The second-order valence-electron chi connectivity index (χ2n) is 20.4. The summed E-state index contributed by atoms with van der Waals surface area (Å²) < 4.78 is 46.2. The zero-order valence-electron chi connectivity index (χ0n) is 47.0. The largest absolute Gasteiger partial charge is 0.494 e. The number of benzene rings is 4. The summed E-state index contributed by atoms with van der Waals surface area (Å²) in [6.07, 6.45) is 15.7. The van der Waals surface area contributed by atoms with Crippen molar-refractivity contribution in [3.63, 3.8) is 0 Å². The number of hydrazone groups is 1. The first kappa shape index (κ1) is 61.4. The van der Waals surface area contributed by atoms with E-state index in [-0.39, 0.29) is 23.4 Å². The Morgan fingerprint density at radius 3 is 1.43 bits per heavy atom. The molecule has 440 valence electrons. The van der Waals surface area contributed by atoms with Gasteiger partial charge in [-0.05, 0) is 194 Å². The number of unbranched alkanes of at least 4 members (excludes halogenated alkanes) is 6. The highest BCUT2D eigenvalue weighted by Gasteiger charge is 2.34. The summed E-state index contributed by atoms with van der Waals surface area (Å²) in [7, 11) is 0. The highest BCUT2D eigenvalue weighted by atomic mass is 32.1. The summed E-state index contributed by atoms with van der Waals surface area (Å²) in [5.41, 5.74) is 1.13. The number of aromatic nitrogens is 2. The number of anilines is 2. The van der Waals surface area contributed by atoms with E-state index in [0.29, 0.717) is 117 Å². The third-order valence-corrected chi connectivity index (χ3v) is 15.4. The van der Waals surface area contributed by atoms with Gasteiger partial charge >= 0.3 is 35.8 Å². The minimum Gasteiger partial charge on any atom is -0.494 e. The molecule has 0 aliphatic heterocycles. The number of pyridine rings is 1. The van der Waals surface area contributed by atoms with E-state index in [1.54, 1.807) is 90.1 Å². The molecule has 18 nitrogen and oxygen atoms in total. The van der Waals surface area contributed by atoms with Crippen molar-refractivity contribution < 1.29 is 66.7 Å². The normalized spacial score (nSPS) is 16.6. The van der Waals surface area contributed by atoms with Crippen LogP contribution in [0.25, 0.3) is 10.2 Å². The van der Waals surface area contributed by atoms with E-state index < -0.39 is 47.5 Å². The van der Waals surface area contributed by atoms with Crippen LogP contribution in [-0.2, 0) is 38.2 Å². The smallest absolute Gasteiger partial charge is 0.330 e. The fourth-order valence-corrected chi connectivity index (χ4v) is 10.6. The first-order valence-corrected chi connectivity index (χ1v) is 29.5. The zero-order valence-corrected chi connectivity index (χ0v) is 47.8. The second kappa shape index (κ2) is 32.2. The van der Waals surface area contributed by atoms with Gasteiger partial charge in [0, 0.05) is 23.9 Å². The lowest BCUT2D eigenvalue weighted by Gasteiger charge is -2.26. The molecule has 0 saturated heterocycles. The minimum atomic E-state index is -0.496. The Morgan fingerprint density at radius 1 is 0.512 bits per heavy atom. The van der Waals surface area contributed by atoms with Crippen molar-refractivity contribution >= 4 is 74.5 Å². The van der Waals surface area contributed by atoms with Gasteiger partial charge in [0.2, 0.25) is 5.13 Å². The molecule has 0 atom stereocenters. The molecule has 6 aromatic rings. The van der Waals surface area contributed by atoms with Crippen LogP contribution in [-0.4, -0.2) is 78.4 Å². The van der Waals surface area contributed by atoms with Gasteiger partial charge in [0.05, 0.1) is 66.5 Å². The summed E-state index contributed by atoms with van der Waals surface area (Å²) in [4.78, 5) is 86.0. The Kier molecular flexibility index (Phi) is 23.5. The van der Waals surface area contributed by atoms with Crippen molar-refractivity contribution in [2.24, 2.45) is 28.8 Å². The van der Waals surface area contributed by atoms with Gasteiger partial charge in [0.1, 0.15) is 34.5 Å². The lowest BCUT2D eigenvalue weighted by molar-refractivity contribution is -0.145. The molecule has 19 heteroatoms. The second-order valence-corrected chi connectivity index (χ2v) is 21.4. The Balaban J connectivity index is 0.840. The lowest BCUT2D eigenvalue weighted by Crippen LogP contribution is -2.30. The maximum Gasteiger partial charge on any atom is 0.330 e. The molecule has 0 N–H and O–H groups in total. The summed E-state index contributed by atoms with van der Waals surface area (Å²) >= 11 is 1.43. The number of para-hydroxylation sites is 1. The van der Waals surface area contributed by atoms with E-state index >= 15 is 0 Å². The highest BCUT2D eigenvalue weighted by Crippen LogP contribution is 2.37. The predicted octanol–water partition coefficient (Wildman–Crippen LogP) is 12.8. The van der Waals surface area contributed by atoms with E-state index in [4.69, 9.17) is 48.0 Å². The molecule has 0 unspecified atom stereocenters. The SMILES string of the molecule is C=CC(=O)OCCCCCCOc1ccc(OC(=O)C2CCC(C(=O)Oc3ccc(OC(=O)C4CCC(C(=O)Oc5ccc(OCCCCCCOC(=O)C=C)cc5)CC4)c(/C=N/N(c4ccccn4)c4nc5ccccc5s4)c3)CC2)cc1. The molecule has 4 aromatic carbocycles. The van der Waals surface area contributed by atoms with E-state index in [1.807, 2.05) is 30.3 Å². The number of hydrogen-bond donors (Lipinski definition) is 0. The van der Waals surface area contributed by atoms with Crippen LogP contribution in [0.3, 0.4) is 0 Å². The van der Waals surface area contributed by atoms with Crippen molar-refractivity contribution in [2.75, 3.05) is 31.4 Å². The van der Waals surface area contributed by atoms with Crippen LogP contribution >= 0.6 is 11.3 Å². The molecule has 2 fully saturated rings. The van der Waals surface area contributed by atoms with Crippen LogP contribution in [0, 0.1) is 23.7 Å². The number of carbonyl (C=O) groups is 6. The number of rotatable bonds is 30. The van der Waals surface area contributed by atoms with Gasteiger partial charge < -0.3 is 37.9 Å². The minimum absolute atomic E-state index is 0.182. The van der Waals surface area contributed by atoms with Gasteiger partial charge in [-0.15, -0.1) is 0 Å². The number of thiazole rings is 1. The topological polar surface area (TPSA) is 218 Å². The van der Waals surface area contributed by atoms with Crippen LogP contribution in [0.5, 0.6) is 34.5 Å². The first-order chi connectivity index (χ1) is 41.0. The molecule has 2 heterocycles. The standard InChI is InChI=1S/C65H70N4O14S/c1-3-59(70)78-41-15-7-5-13-39-76-50-28-32-52(33-29-50)80-61(72)45-20-22-47(23-21-45)63(74)82-54-36-37-56(49(43-54)44-67-69(58-19-11-12-38-66-58)65-68-55-17-9-10-18-57(55)84-65)83-64(75)48-26-24-46(25-27-48)62(73)81-53-34-30-51(31-35-53)77-40-14-6-8-16-42-79-60(71)4-2/h3-4,9-12,17-19,28-38,43-48H,1-2,5-8,13-16,20-27,39-42H2/b67-44+. The summed E-state index contributed by atoms with van der Waals surface area (Å²) in [6, 6.07) is 31.7. The van der Waals surface area contributed by atoms with Gasteiger partial charge in [-0.1, -0.05) is 42.7 Å². The molecule has 8 rings (SSSR count). The van der Waals surface area contributed by atoms with Crippen molar-refractivity contribution in [3.8, 4) is 34.5 Å². The van der Waals surface area contributed by atoms with E-state index in [9.17, 15) is 28.8 Å². The fraction of sp³-hybridized carbons (Fsp3) is 0.369. The zero-order chi connectivity index (χ0) is 58.9. The number of hydrogen-bond acceptors (Lipinski definition) is 19. The van der Waals surface area contributed by atoms with Crippen molar-refractivity contribution in [1.29, 1.82) is 0 Å². The first-order valence-electron chi connectivity index (χ1n) is 28.7. The maximum absolute atomic E-state index is 14.0. The molecule has 0 spiro atoms. The Labute approximate surface area is 492 Å². The monoisotopic (exact) mass is 1160 g/mol. The lowest BCUT2D eigenvalue weighted by atomic mass is 9.82. The predicted molar refractivity (Wildman–Crippen MR) is 317 cm³/mol. The van der Waals surface area contributed by atoms with Gasteiger partial charge in [0.15, 0.2) is 5.82 Å². The van der Waals surface area contributed by atoms with Crippen LogP contribution < -0.4 is 33.4 Å².